The first-order valence-corrected chi connectivity index (χ1v) is 7.46. The lowest BCUT2D eigenvalue weighted by Crippen LogP contribution is -2.34. The van der Waals surface area contributed by atoms with Gasteiger partial charge in [-0.25, -0.2) is 4.39 Å². The molecule has 0 spiro atoms. The second-order valence-corrected chi connectivity index (χ2v) is 5.68. The number of carbonyl (C=O) groups is 1. The lowest BCUT2D eigenvalue weighted by atomic mass is 10.2. The third-order valence-electron chi connectivity index (χ3n) is 2.82. The van der Waals surface area contributed by atoms with E-state index in [0.29, 0.717) is 5.69 Å². The van der Waals surface area contributed by atoms with Crippen LogP contribution >= 0.6 is 11.3 Å². The van der Waals surface area contributed by atoms with Crippen molar-refractivity contribution in [1.82, 2.24) is 0 Å². The fourth-order valence-corrected chi connectivity index (χ4v) is 2.53. The van der Waals surface area contributed by atoms with Gasteiger partial charge in [-0.05, 0) is 35.7 Å². The van der Waals surface area contributed by atoms with Gasteiger partial charge in [0, 0.05) is 10.6 Å². The summed E-state index contributed by atoms with van der Waals surface area (Å²) in [7, 11) is 0. The number of benzene rings is 1. The van der Waals surface area contributed by atoms with Crippen molar-refractivity contribution in [3.8, 4) is 0 Å². The van der Waals surface area contributed by atoms with Gasteiger partial charge >= 0.3 is 6.18 Å². The summed E-state index contributed by atoms with van der Waals surface area (Å²) >= 11 is 1.41. The third-order valence-corrected chi connectivity index (χ3v) is 3.69. The van der Waals surface area contributed by atoms with Gasteiger partial charge in [0.1, 0.15) is 19.0 Å². The van der Waals surface area contributed by atoms with Gasteiger partial charge in [0.05, 0.1) is 6.54 Å². The molecule has 0 aliphatic heterocycles. The number of amides is 1. The minimum Gasteiger partial charge on any atom is -0.362 e. The Hall–Kier alpha value is -1.93. The maximum absolute atomic E-state index is 13.0. The van der Waals surface area contributed by atoms with Crippen LogP contribution in [-0.2, 0) is 16.1 Å². The molecule has 1 amide bonds. The van der Waals surface area contributed by atoms with E-state index in [-0.39, 0.29) is 6.54 Å². The summed E-state index contributed by atoms with van der Waals surface area (Å²) in [5, 5.41) is 1.82. The van der Waals surface area contributed by atoms with Crippen LogP contribution < -0.4 is 4.90 Å². The first-order chi connectivity index (χ1) is 10.8. The predicted octanol–water partition coefficient (Wildman–Crippen LogP) is 4.00. The molecule has 0 aliphatic rings. The fourth-order valence-electron chi connectivity index (χ4n) is 1.83. The molecule has 23 heavy (non-hydrogen) atoms. The van der Waals surface area contributed by atoms with Crippen LogP contribution in [0.25, 0.3) is 0 Å². The third kappa shape index (κ3) is 5.65. The lowest BCUT2D eigenvalue weighted by molar-refractivity contribution is -0.175. The normalized spacial score (nSPS) is 11.5. The second-order valence-electron chi connectivity index (χ2n) is 4.64. The quantitative estimate of drug-likeness (QED) is 0.739. The molecule has 2 aromatic rings. The highest BCUT2D eigenvalue weighted by Crippen LogP contribution is 2.21. The first kappa shape index (κ1) is 17.4. The molecule has 124 valence electrons. The van der Waals surface area contributed by atoms with Gasteiger partial charge in [0.2, 0.25) is 0 Å². The topological polar surface area (TPSA) is 29.5 Å². The van der Waals surface area contributed by atoms with Gasteiger partial charge < -0.3 is 9.64 Å². The predicted molar refractivity (Wildman–Crippen MR) is 78.8 cm³/mol. The number of halogens is 4. The van der Waals surface area contributed by atoms with Crippen molar-refractivity contribution in [2.75, 3.05) is 18.1 Å². The number of ether oxygens (including phenoxy) is 1. The van der Waals surface area contributed by atoms with Crippen LogP contribution in [-0.4, -0.2) is 25.3 Å². The lowest BCUT2D eigenvalue weighted by Gasteiger charge is -2.22. The van der Waals surface area contributed by atoms with Gasteiger partial charge in [-0.3, -0.25) is 4.79 Å². The van der Waals surface area contributed by atoms with Crippen LogP contribution in [0.5, 0.6) is 0 Å². The van der Waals surface area contributed by atoms with E-state index in [0.717, 1.165) is 4.88 Å². The molecule has 8 heteroatoms. The average Bonchev–Trinajstić information content (AvgIpc) is 2.97. The van der Waals surface area contributed by atoms with Crippen molar-refractivity contribution in [3.05, 3.63) is 52.5 Å². The molecule has 1 heterocycles. The number of hydrogen-bond donors (Lipinski definition) is 0. The van der Waals surface area contributed by atoms with E-state index >= 15 is 0 Å². The van der Waals surface area contributed by atoms with E-state index in [2.05, 4.69) is 4.74 Å². The van der Waals surface area contributed by atoms with Crippen molar-refractivity contribution in [3.63, 3.8) is 0 Å². The summed E-state index contributed by atoms with van der Waals surface area (Å²) in [6, 6.07) is 8.74. The monoisotopic (exact) mass is 347 g/mol. The average molecular weight is 347 g/mol. The largest absolute Gasteiger partial charge is 0.411 e. The Morgan fingerprint density at radius 2 is 1.87 bits per heavy atom. The SMILES string of the molecule is O=C(COCC(F)(F)F)N(Cc1cccs1)c1ccc(F)cc1. The Kier molecular flexibility index (Phi) is 5.73. The van der Waals surface area contributed by atoms with E-state index in [9.17, 15) is 22.4 Å². The Bertz CT molecular complexity index is 626. The van der Waals surface area contributed by atoms with Crippen LogP contribution in [0, 0.1) is 5.82 Å². The van der Waals surface area contributed by atoms with E-state index in [1.54, 1.807) is 12.1 Å². The molecule has 0 radical (unpaired) electrons. The van der Waals surface area contributed by atoms with Gasteiger partial charge in [-0.2, -0.15) is 13.2 Å². The number of hydrogen-bond acceptors (Lipinski definition) is 3. The van der Waals surface area contributed by atoms with E-state index < -0.39 is 31.1 Å². The van der Waals surface area contributed by atoms with E-state index in [1.807, 2.05) is 5.38 Å². The van der Waals surface area contributed by atoms with E-state index in [1.165, 1.54) is 40.5 Å². The molecule has 1 aromatic carbocycles. The van der Waals surface area contributed by atoms with Crippen LogP contribution in [0.15, 0.2) is 41.8 Å². The number of nitrogens with zero attached hydrogens (tertiary/aromatic N) is 1. The molecule has 0 saturated carbocycles. The molecule has 0 saturated heterocycles. The van der Waals surface area contributed by atoms with Gasteiger partial charge in [0.25, 0.3) is 5.91 Å². The van der Waals surface area contributed by atoms with Gasteiger partial charge in [0.15, 0.2) is 0 Å². The van der Waals surface area contributed by atoms with Crippen molar-refractivity contribution in [2.45, 2.75) is 12.7 Å². The van der Waals surface area contributed by atoms with Crippen molar-refractivity contribution in [1.29, 1.82) is 0 Å². The number of alkyl halides is 3. The zero-order valence-corrected chi connectivity index (χ0v) is 12.7. The number of carbonyl (C=O) groups excluding carboxylic acids is 1. The molecule has 0 unspecified atom stereocenters. The maximum atomic E-state index is 13.0. The molecule has 2 rings (SSSR count). The molecular weight excluding hydrogens is 334 g/mol. The molecule has 0 fully saturated rings. The van der Waals surface area contributed by atoms with Gasteiger partial charge in [-0.15, -0.1) is 11.3 Å². The zero-order chi connectivity index (χ0) is 16.9. The van der Waals surface area contributed by atoms with Crippen molar-refractivity contribution < 1.29 is 27.1 Å². The molecule has 1 aromatic heterocycles. The standard InChI is InChI=1S/C15H13F4NO2S/c16-11-3-5-12(6-4-11)20(8-13-2-1-7-23-13)14(21)9-22-10-15(17,18)19/h1-7H,8-10H2. The van der Waals surface area contributed by atoms with Crippen LogP contribution in [0.3, 0.4) is 0 Å². The summed E-state index contributed by atoms with van der Waals surface area (Å²) in [5.41, 5.74) is 0.389. The van der Waals surface area contributed by atoms with Crippen LogP contribution in [0.1, 0.15) is 4.88 Å². The molecular formula is C15H13F4NO2S. The molecule has 0 atom stereocenters. The highest BCUT2D eigenvalue weighted by molar-refractivity contribution is 7.09. The smallest absolute Gasteiger partial charge is 0.362 e. The zero-order valence-electron chi connectivity index (χ0n) is 11.8. The van der Waals surface area contributed by atoms with Crippen molar-refractivity contribution >= 4 is 22.9 Å². The summed E-state index contributed by atoms with van der Waals surface area (Å²) in [5.74, 6) is -1.10. The Morgan fingerprint density at radius 3 is 2.43 bits per heavy atom. The highest BCUT2D eigenvalue weighted by Gasteiger charge is 2.28. The minimum absolute atomic E-state index is 0.178. The molecule has 0 bridgehead atoms. The first-order valence-electron chi connectivity index (χ1n) is 6.58. The Labute approximate surface area is 134 Å². The van der Waals surface area contributed by atoms with Gasteiger partial charge in [-0.1, -0.05) is 6.07 Å². The van der Waals surface area contributed by atoms with Crippen LogP contribution in [0.4, 0.5) is 23.2 Å². The number of thiophene rings is 1. The fraction of sp³-hybridized carbons (Fsp3) is 0.267. The molecule has 3 nitrogen and oxygen atoms in total. The number of rotatable bonds is 6. The maximum Gasteiger partial charge on any atom is 0.411 e. The van der Waals surface area contributed by atoms with Crippen molar-refractivity contribution in [2.24, 2.45) is 0 Å². The van der Waals surface area contributed by atoms with E-state index in [4.69, 9.17) is 0 Å². The summed E-state index contributed by atoms with van der Waals surface area (Å²) < 4.78 is 53.7. The molecule has 0 aliphatic carbocycles. The number of anilines is 1. The molecule has 0 N–H and O–H groups in total. The highest BCUT2D eigenvalue weighted by atomic mass is 32.1. The summed E-state index contributed by atoms with van der Waals surface area (Å²) in [6.07, 6.45) is -4.49. The Balaban J connectivity index is 2.09. The Morgan fingerprint density at radius 1 is 1.17 bits per heavy atom. The summed E-state index contributed by atoms with van der Waals surface area (Å²) in [6.45, 7) is -2.02. The summed E-state index contributed by atoms with van der Waals surface area (Å²) in [4.78, 5) is 14.3. The van der Waals surface area contributed by atoms with Crippen LogP contribution in [0.2, 0.25) is 0 Å². The second kappa shape index (κ2) is 7.56. The minimum atomic E-state index is -4.49.